The summed E-state index contributed by atoms with van der Waals surface area (Å²) in [4.78, 5) is 12.8. The van der Waals surface area contributed by atoms with Gasteiger partial charge in [-0.05, 0) is 6.42 Å². The molecule has 1 aliphatic rings. The van der Waals surface area contributed by atoms with Crippen LogP contribution in [-0.4, -0.2) is 48.2 Å². The molecule has 0 bridgehead atoms. The van der Waals surface area contributed by atoms with Crippen LogP contribution in [0.5, 0.6) is 0 Å². The first kappa shape index (κ1) is 14.6. The molecule has 0 unspecified atom stereocenters. The second-order valence-corrected chi connectivity index (χ2v) is 4.61. The minimum absolute atomic E-state index is 0.0232. The third kappa shape index (κ3) is 2.68. The van der Waals surface area contributed by atoms with Gasteiger partial charge in [0, 0.05) is 20.1 Å². The first-order valence-corrected chi connectivity index (χ1v) is 5.76. The molecule has 0 aromatic carbocycles. The lowest BCUT2D eigenvalue weighted by molar-refractivity contribution is -0.263. The van der Waals surface area contributed by atoms with Crippen LogP contribution in [0.25, 0.3) is 0 Å². The highest BCUT2D eigenvalue weighted by Gasteiger charge is 2.59. The molecule has 0 radical (unpaired) electrons. The van der Waals surface area contributed by atoms with Gasteiger partial charge in [0.05, 0.1) is 6.54 Å². The number of alkyl halides is 4. The molecule has 1 rings (SSSR count). The largest absolute Gasteiger partial charge is 0.419 e. The van der Waals surface area contributed by atoms with E-state index in [1.807, 2.05) is 0 Å². The highest BCUT2D eigenvalue weighted by atomic mass is 35.5. The van der Waals surface area contributed by atoms with Gasteiger partial charge in [0.2, 0.25) is 5.91 Å². The molecule has 0 saturated carbocycles. The Balaban J connectivity index is 2.78. The Labute approximate surface area is 103 Å². The lowest BCUT2D eigenvalue weighted by Crippen LogP contribution is -2.50. The molecule has 1 aliphatic heterocycles. The topological polar surface area (TPSA) is 29.5 Å². The van der Waals surface area contributed by atoms with Crippen molar-refractivity contribution in [2.75, 3.05) is 20.2 Å². The number of carbonyl (C=O) groups is 1. The number of hydrogen-bond donors (Lipinski definition) is 0. The Bertz CT molecular complexity index is 298. The van der Waals surface area contributed by atoms with Crippen LogP contribution in [0.4, 0.5) is 13.2 Å². The molecule has 0 aliphatic carbocycles. The van der Waals surface area contributed by atoms with Gasteiger partial charge < -0.3 is 9.64 Å². The lowest BCUT2D eigenvalue weighted by Gasteiger charge is -2.30. The van der Waals surface area contributed by atoms with Crippen molar-refractivity contribution in [3.63, 3.8) is 0 Å². The van der Waals surface area contributed by atoms with Gasteiger partial charge in [0.1, 0.15) is 5.38 Å². The van der Waals surface area contributed by atoms with Gasteiger partial charge >= 0.3 is 6.18 Å². The Morgan fingerprint density at radius 3 is 2.53 bits per heavy atom. The third-order valence-corrected chi connectivity index (χ3v) is 3.57. The van der Waals surface area contributed by atoms with Crippen molar-refractivity contribution in [3.05, 3.63) is 0 Å². The fraction of sp³-hybridized carbons (Fsp3) is 0.900. The molecule has 0 N–H and O–H groups in total. The fourth-order valence-electron chi connectivity index (χ4n) is 1.86. The molecule has 1 fully saturated rings. The van der Waals surface area contributed by atoms with E-state index in [9.17, 15) is 18.0 Å². The molecule has 1 heterocycles. The van der Waals surface area contributed by atoms with Gasteiger partial charge in [-0.3, -0.25) is 4.79 Å². The maximum Gasteiger partial charge on any atom is 0.419 e. The zero-order chi connectivity index (χ0) is 13.3. The van der Waals surface area contributed by atoms with Crippen molar-refractivity contribution in [1.82, 2.24) is 4.90 Å². The number of likely N-dealkylation sites (tertiary alicyclic amines) is 1. The number of hydrogen-bond acceptors (Lipinski definition) is 2. The molecule has 100 valence electrons. The average molecular weight is 274 g/mol. The molecule has 0 aromatic heterocycles. The van der Waals surface area contributed by atoms with Crippen LogP contribution in [-0.2, 0) is 9.53 Å². The third-order valence-electron chi connectivity index (χ3n) is 3.08. The van der Waals surface area contributed by atoms with Gasteiger partial charge in [-0.25, -0.2) is 0 Å². The van der Waals surface area contributed by atoms with Crippen LogP contribution >= 0.6 is 11.6 Å². The van der Waals surface area contributed by atoms with E-state index < -0.39 is 29.6 Å². The predicted molar refractivity (Wildman–Crippen MR) is 56.9 cm³/mol. The summed E-state index contributed by atoms with van der Waals surface area (Å²) in [6, 6.07) is 0. The molecule has 2 atom stereocenters. The van der Waals surface area contributed by atoms with E-state index in [4.69, 9.17) is 11.6 Å². The maximum absolute atomic E-state index is 12.8. The zero-order valence-electron chi connectivity index (χ0n) is 9.68. The van der Waals surface area contributed by atoms with Crippen molar-refractivity contribution in [3.8, 4) is 0 Å². The first-order chi connectivity index (χ1) is 7.77. The molecule has 0 aromatic rings. The number of nitrogens with zero attached hydrogens (tertiary/aromatic N) is 1. The lowest BCUT2D eigenvalue weighted by atomic mass is 10.0. The molecule has 1 amide bonds. The van der Waals surface area contributed by atoms with E-state index in [-0.39, 0.29) is 13.0 Å². The molecule has 7 heteroatoms. The van der Waals surface area contributed by atoms with Crippen molar-refractivity contribution in [1.29, 1.82) is 0 Å². The highest BCUT2D eigenvalue weighted by molar-refractivity contribution is 6.30. The van der Waals surface area contributed by atoms with Gasteiger partial charge in [0.25, 0.3) is 0 Å². The smallest absolute Gasteiger partial charge is 0.367 e. The SMILES string of the molecule is CC[C@H](Cl)C(=O)N1CC[C@@](OC)(C(F)(F)F)C1. The summed E-state index contributed by atoms with van der Waals surface area (Å²) >= 11 is 5.73. The van der Waals surface area contributed by atoms with Crippen molar-refractivity contribution in [2.45, 2.75) is 36.9 Å². The minimum atomic E-state index is -4.48. The zero-order valence-corrected chi connectivity index (χ0v) is 10.4. The van der Waals surface area contributed by atoms with Crippen LogP contribution in [0.15, 0.2) is 0 Å². The van der Waals surface area contributed by atoms with E-state index >= 15 is 0 Å². The van der Waals surface area contributed by atoms with E-state index in [2.05, 4.69) is 4.74 Å². The molecule has 1 saturated heterocycles. The summed E-state index contributed by atoms with van der Waals surface area (Å²) in [5, 5.41) is -0.768. The van der Waals surface area contributed by atoms with Crippen LogP contribution in [0, 0.1) is 0 Å². The number of amides is 1. The molecular weight excluding hydrogens is 259 g/mol. The summed E-state index contributed by atoms with van der Waals surface area (Å²) in [6.45, 7) is 1.25. The van der Waals surface area contributed by atoms with Crippen molar-refractivity contribution >= 4 is 17.5 Å². The Morgan fingerprint density at radius 1 is 1.59 bits per heavy atom. The number of halogens is 4. The van der Waals surface area contributed by atoms with Gasteiger partial charge in [-0.1, -0.05) is 6.92 Å². The summed E-state index contributed by atoms with van der Waals surface area (Å²) in [7, 11) is 1.01. The molecular formula is C10H15ClF3NO2. The Kier molecular flexibility index (Phi) is 4.30. The maximum atomic E-state index is 12.8. The van der Waals surface area contributed by atoms with Crippen molar-refractivity contribution in [2.24, 2.45) is 0 Å². The number of carbonyl (C=O) groups excluding carboxylic acids is 1. The van der Waals surface area contributed by atoms with Gasteiger partial charge in [-0.2, -0.15) is 13.2 Å². The quantitative estimate of drug-likeness (QED) is 0.738. The normalized spacial score (nSPS) is 27.3. The fourth-order valence-corrected chi connectivity index (χ4v) is 1.99. The van der Waals surface area contributed by atoms with E-state index in [0.717, 1.165) is 12.0 Å². The van der Waals surface area contributed by atoms with Crippen LogP contribution < -0.4 is 0 Å². The number of rotatable bonds is 3. The number of methoxy groups -OCH3 is 1. The highest BCUT2D eigenvalue weighted by Crippen LogP contribution is 2.40. The first-order valence-electron chi connectivity index (χ1n) is 5.32. The van der Waals surface area contributed by atoms with Gasteiger partial charge in [0.15, 0.2) is 5.60 Å². The predicted octanol–water partition coefficient (Wildman–Crippen LogP) is 2.18. The summed E-state index contributed by atoms with van der Waals surface area (Å²) in [5.74, 6) is -0.461. The molecule has 0 spiro atoms. The monoisotopic (exact) mass is 273 g/mol. The van der Waals surface area contributed by atoms with E-state index in [1.165, 1.54) is 0 Å². The molecule has 3 nitrogen and oxygen atoms in total. The second-order valence-electron chi connectivity index (χ2n) is 4.08. The summed E-state index contributed by atoms with van der Waals surface area (Å²) in [6.07, 6.45) is -4.33. The Morgan fingerprint density at radius 2 is 2.18 bits per heavy atom. The van der Waals surface area contributed by atoms with Crippen LogP contribution in [0.1, 0.15) is 19.8 Å². The molecule has 17 heavy (non-hydrogen) atoms. The van der Waals surface area contributed by atoms with Crippen LogP contribution in [0.3, 0.4) is 0 Å². The minimum Gasteiger partial charge on any atom is -0.367 e. The van der Waals surface area contributed by atoms with Gasteiger partial charge in [-0.15, -0.1) is 11.6 Å². The standard InChI is InChI=1S/C10H15ClF3NO2/c1-3-7(11)8(16)15-5-4-9(6-15,17-2)10(12,13)14/h7H,3-6H2,1-2H3/t7-,9-/m0/s1. The average Bonchev–Trinajstić information content (AvgIpc) is 2.71. The van der Waals surface area contributed by atoms with Crippen LogP contribution in [0.2, 0.25) is 0 Å². The number of ether oxygens (including phenoxy) is 1. The Hall–Kier alpha value is -0.490. The van der Waals surface area contributed by atoms with E-state index in [1.54, 1.807) is 6.92 Å². The summed E-state index contributed by atoms with van der Waals surface area (Å²) in [5.41, 5.74) is -2.24. The van der Waals surface area contributed by atoms with E-state index in [0.29, 0.717) is 6.42 Å². The second kappa shape index (κ2) is 5.02. The van der Waals surface area contributed by atoms with Crippen molar-refractivity contribution < 1.29 is 22.7 Å². The summed E-state index contributed by atoms with van der Waals surface area (Å²) < 4.78 is 43.1.